The minimum atomic E-state index is -0.738. The molecule has 0 saturated carbocycles. The average molecular weight is 397 g/mol. The highest BCUT2D eigenvalue weighted by Gasteiger charge is 2.30. The first-order valence-electron chi connectivity index (χ1n) is 8.67. The molecule has 2 amide bonds. The van der Waals surface area contributed by atoms with Gasteiger partial charge in [0, 0.05) is 23.6 Å². The second-order valence-corrected chi connectivity index (χ2v) is 7.72. The third-order valence-electron chi connectivity index (χ3n) is 4.35. The summed E-state index contributed by atoms with van der Waals surface area (Å²) in [6.07, 6.45) is 0. The summed E-state index contributed by atoms with van der Waals surface area (Å²) >= 11 is 1.23. The number of benzene rings is 2. The molecule has 3 rings (SSSR count). The van der Waals surface area contributed by atoms with E-state index in [9.17, 15) is 14.0 Å². The summed E-state index contributed by atoms with van der Waals surface area (Å²) in [6.45, 7) is 5.04. The highest BCUT2D eigenvalue weighted by atomic mass is 32.1. The summed E-state index contributed by atoms with van der Waals surface area (Å²) in [6, 6.07) is 13.9. The normalized spacial score (nSPS) is 11.1. The highest BCUT2D eigenvalue weighted by Crippen LogP contribution is 2.30. The van der Waals surface area contributed by atoms with E-state index < -0.39 is 11.2 Å². The van der Waals surface area contributed by atoms with Crippen LogP contribution in [0, 0.1) is 5.82 Å². The molecule has 0 aliphatic heterocycles. The summed E-state index contributed by atoms with van der Waals surface area (Å²) < 4.78 is 14.4. The van der Waals surface area contributed by atoms with Gasteiger partial charge in [0.2, 0.25) is 11.8 Å². The van der Waals surface area contributed by atoms with Gasteiger partial charge >= 0.3 is 0 Å². The number of nitrogens with one attached hydrogen (secondary N) is 2. The van der Waals surface area contributed by atoms with Gasteiger partial charge in [-0.15, -0.1) is 11.3 Å². The van der Waals surface area contributed by atoms with Crippen LogP contribution in [-0.2, 0) is 15.0 Å². The largest absolute Gasteiger partial charge is 0.326 e. The third-order valence-corrected chi connectivity index (χ3v) is 5.11. The minimum Gasteiger partial charge on any atom is -0.326 e. The Balaban J connectivity index is 1.77. The fraction of sp³-hybridized carbons (Fsp3) is 0.190. The number of carbonyl (C=O) groups excluding carboxylic acids is 2. The number of nitrogens with zero attached hydrogens (tertiary/aromatic N) is 1. The van der Waals surface area contributed by atoms with Crippen LogP contribution in [0.3, 0.4) is 0 Å². The Hall–Kier alpha value is -3.06. The number of carbonyl (C=O) groups is 2. The fourth-order valence-corrected chi connectivity index (χ4v) is 3.40. The SMILES string of the molecule is CC(=O)Nc1ccc(-c2csc(NC(=O)C(C)(C)c3ccccc3)n2)c(F)c1. The van der Waals surface area contributed by atoms with Crippen molar-refractivity contribution in [3.05, 3.63) is 65.3 Å². The Kier molecular flexibility index (Phi) is 5.56. The molecule has 0 unspecified atom stereocenters. The maximum Gasteiger partial charge on any atom is 0.236 e. The van der Waals surface area contributed by atoms with Gasteiger partial charge in [-0.1, -0.05) is 30.3 Å². The van der Waals surface area contributed by atoms with E-state index in [1.807, 2.05) is 44.2 Å². The van der Waals surface area contributed by atoms with Crippen molar-refractivity contribution in [2.24, 2.45) is 0 Å². The van der Waals surface area contributed by atoms with Crippen LogP contribution in [0.25, 0.3) is 11.3 Å². The summed E-state index contributed by atoms with van der Waals surface area (Å²) in [4.78, 5) is 28.2. The van der Waals surface area contributed by atoms with E-state index in [1.54, 1.807) is 17.5 Å². The van der Waals surface area contributed by atoms with Gasteiger partial charge in [0.05, 0.1) is 11.1 Å². The lowest BCUT2D eigenvalue weighted by Gasteiger charge is -2.23. The van der Waals surface area contributed by atoms with E-state index in [0.29, 0.717) is 22.1 Å². The van der Waals surface area contributed by atoms with Crippen molar-refractivity contribution in [2.75, 3.05) is 10.6 Å². The van der Waals surface area contributed by atoms with E-state index >= 15 is 0 Å². The minimum absolute atomic E-state index is 0.193. The summed E-state index contributed by atoms with van der Waals surface area (Å²) in [5.74, 6) is -0.966. The molecule has 5 nitrogen and oxygen atoms in total. The molecule has 1 heterocycles. The first kappa shape index (κ1) is 19.7. The van der Waals surface area contributed by atoms with E-state index in [-0.39, 0.29) is 11.8 Å². The van der Waals surface area contributed by atoms with Crippen LogP contribution in [0.2, 0.25) is 0 Å². The van der Waals surface area contributed by atoms with Crippen molar-refractivity contribution in [3.63, 3.8) is 0 Å². The predicted molar refractivity (Wildman–Crippen MR) is 110 cm³/mol. The fourth-order valence-electron chi connectivity index (χ4n) is 2.70. The van der Waals surface area contributed by atoms with Gasteiger partial charge in [0.1, 0.15) is 5.82 Å². The van der Waals surface area contributed by atoms with Crippen LogP contribution in [0.4, 0.5) is 15.2 Å². The zero-order chi connectivity index (χ0) is 20.3. The molecule has 28 heavy (non-hydrogen) atoms. The molecule has 0 bridgehead atoms. The summed E-state index contributed by atoms with van der Waals surface area (Å²) in [7, 11) is 0. The van der Waals surface area contributed by atoms with Crippen LogP contribution in [0.5, 0.6) is 0 Å². The first-order valence-corrected chi connectivity index (χ1v) is 9.55. The van der Waals surface area contributed by atoms with Crippen LogP contribution in [0.15, 0.2) is 53.9 Å². The van der Waals surface area contributed by atoms with Crippen molar-refractivity contribution in [2.45, 2.75) is 26.2 Å². The summed E-state index contributed by atoms with van der Waals surface area (Å²) in [5.41, 5.74) is 1.25. The second kappa shape index (κ2) is 7.90. The Bertz CT molecular complexity index is 1020. The molecular formula is C21H20FN3O2S. The molecule has 2 N–H and O–H groups in total. The summed E-state index contributed by atoms with van der Waals surface area (Å²) in [5, 5.41) is 7.43. The third kappa shape index (κ3) is 4.26. The highest BCUT2D eigenvalue weighted by molar-refractivity contribution is 7.14. The molecule has 0 saturated heterocycles. The number of halogens is 1. The topological polar surface area (TPSA) is 71.1 Å². The van der Waals surface area contributed by atoms with E-state index in [0.717, 1.165) is 5.56 Å². The van der Waals surface area contributed by atoms with Crippen LogP contribution in [-0.4, -0.2) is 16.8 Å². The maximum absolute atomic E-state index is 14.4. The van der Waals surface area contributed by atoms with E-state index in [4.69, 9.17) is 0 Å². The predicted octanol–water partition coefficient (Wildman–Crippen LogP) is 4.82. The monoisotopic (exact) mass is 397 g/mol. The molecule has 7 heteroatoms. The molecule has 144 valence electrons. The molecule has 0 spiro atoms. The van der Waals surface area contributed by atoms with Gasteiger partial charge in [-0.25, -0.2) is 9.37 Å². The average Bonchev–Trinajstić information content (AvgIpc) is 3.10. The lowest BCUT2D eigenvalue weighted by atomic mass is 9.84. The number of aromatic nitrogens is 1. The van der Waals surface area contributed by atoms with Crippen molar-refractivity contribution in [1.82, 2.24) is 4.98 Å². The van der Waals surface area contributed by atoms with Gasteiger partial charge < -0.3 is 10.6 Å². The van der Waals surface area contributed by atoms with E-state index in [1.165, 1.54) is 24.3 Å². The van der Waals surface area contributed by atoms with Crippen molar-refractivity contribution < 1.29 is 14.0 Å². The standard InChI is InChI=1S/C21H20FN3O2S/c1-13(26)23-15-9-10-16(17(22)11-15)18-12-28-20(24-18)25-19(27)21(2,3)14-7-5-4-6-8-14/h4-12H,1-3H3,(H,23,26)(H,24,25,27). The van der Waals surface area contributed by atoms with Crippen molar-refractivity contribution in [3.8, 4) is 11.3 Å². The molecule has 2 aromatic carbocycles. The number of hydrogen-bond donors (Lipinski definition) is 2. The number of rotatable bonds is 5. The molecule has 3 aromatic rings. The van der Waals surface area contributed by atoms with Gasteiger partial charge in [-0.3, -0.25) is 9.59 Å². The van der Waals surface area contributed by atoms with Crippen LogP contribution in [0.1, 0.15) is 26.3 Å². The lowest BCUT2D eigenvalue weighted by molar-refractivity contribution is -0.120. The molecule has 0 radical (unpaired) electrons. The Morgan fingerprint density at radius 3 is 2.43 bits per heavy atom. The Morgan fingerprint density at radius 2 is 1.79 bits per heavy atom. The second-order valence-electron chi connectivity index (χ2n) is 6.86. The zero-order valence-corrected chi connectivity index (χ0v) is 16.6. The molecule has 0 aliphatic rings. The van der Waals surface area contributed by atoms with E-state index in [2.05, 4.69) is 15.6 Å². The Morgan fingerprint density at radius 1 is 1.07 bits per heavy atom. The van der Waals surface area contributed by atoms with Crippen LogP contribution < -0.4 is 10.6 Å². The van der Waals surface area contributed by atoms with Crippen molar-refractivity contribution in [1.29, 1.82) is 0 Å². The van der Waals surface area contributed by atoms with Gasteiger partial charge in [0.15, 0.2) is 5.13 Å². The molecule has 0 atom stereocenters. The van der Waals surface area contributed by atoms with Gasteiger partial charge in [-0.05, 0) is 37.6 Å². The quantitative estimate of drug-likeness (QED) is 0.648. The molecule has 1 aromatic heterocycles. The zero-order valence-electron chi connectivity index (χ0n) is 15.7. The van der Waals surface area contributed by atoms with Crippen LogP contribution >= 0.6 is 11.3 Å². The van der Waals surface area contributed by atoms with Gasteiger partial charge in [0.25, 0.3) is 0 Å². The van der Waals surface area contributed by atoms with Crippen molar-refractivity contribution >= 4 is 34.0 Å². The molecular weight excluding hydrogens is 377 g/mol. The number of anilines is 2. The number of thiazole rings is 1. The molecule has 0 fully saturated rings. The maximum atomic E-state index is 14.4. The molecule has 0 aliphatic carbocycles. The number of amides is 2. The Labute approximate surface area is 166 Å². The smallest absolute Gasteiger partial charge is 0.236 e. The first-order chi connectivity index (χ1) is 13.3. The lowest BCUT2D eigenvalue weighted by Crippen LogP contribution is -2.34. The number of hydrogen-bond acceptors (Lipinski definition) is 4. The van der Waals surface area contributed by atoms with Gasteiger partial charge in [-0.2, -0.15) is 0 Å².